The molecule has 0 heterocycles. The van der Waals surface area contributed by atoms with E-state index in [1.807, 2.05) is 48.5 Å². The van der Waals surface area contributed by atoms with E-state index in [0.29, 0.717) is 23.1 Å². The third-order valence-electron chi connectivity index (χ3n) is 4.47. The second-order valence-electron chi connectivity index (χ2n) is 6.34. The fourth-order valence-corrected chi connectivity index (χ4v) is 3.07. The molecule has 0 unspecified atom stereocenters. The molecule has 0 aliphatic heterocycles. The summed E-state index contributed by atoms with van der Waals surface area (Å²) in [4.78, 5) is 11.5. The standard InChI is InChI=1S/C24H21FO3/c1-2-24(27)28-16-20-14-17(12-13-26)8-10-21(20)22-11-9-19(15-23(22)25)18-6-4-3-5-7-18/h2-11,14-15,26H,1,12-13,16H2. The molecule has 3 rings (SSSR count). The topological polar surface area (TPSA) is 46.5 Å². The summed E-state index contributed by atoms with van der Waals surface area (Å²) in [5, 5.41) is 9.18. The lowest BCUT2D eigenvalue weighted by atomic mass is 9.94. The van der Waals surface area contributed by atoms with Gasteiger partial charge < -0.3 is 9.84 Å². The van der Waals surface area contributed by atoms with E-state index in [-0.39, 0.29) is 19.0 Å². The first kappa shape index (κ1) is 19.5. The van der Waals surface area contributed by atoms with Gasteiger partial charge in [-0.25, -0.2) is 9.18 Å². The van der Waals surface area contributed by atoms with Crippen molar-refractivity contribution in [3.63, 3.8) is 0 Å². The molecule has 3 aromatic carbocycles. The van der Waals surface area contributed by atoms with Gasteiger partial charge in [0.15, 0.2) is 0 Å². The average molecular weight is 376 g/mol. The van der Waals surface area contributed by atoms with Gasteiger partial charge in [-0.2, -0.15) is 0 Å². The lowest BCUT2D eigenvalue weighted by Gasteiger charge is -2.14. The minimum atomic E-state index is -0.543. The summed E-state index contributed by atoms with van der Waals surface area (Å²) in [7, 11) is 0. The van der Waals surface area contributed by atoms with E-state index in [2.05, 4.69) is 6.58 Å². The number of ether oxygens (including phenoxy) is 1. The lowest BCUT2D eigenvalue weighted by molar-refractivity contribution is -0.138. The summed E-state index contributed by atoms with van der Waals surface area (Å²) >= 11 is 0. The maximum Gasteiger partial charge on any atom is 0.330 e. The molecule has 3 aromatic rings. The van der Waals surface area contributed by atoms with Gasteiger partial charge in [0.05, 0.1) is 0 Å². The van der Waals surface area contributed by atoms with Crippen molar-refractivity contribution < 1.29 is 19.0 Å². The molecule has 0 aliphatic rings. The van der Waals surface area contributed by atoms with Gasteiger partial charge >= 0.3 is 5.97 Å². The number of esters is 1. The monoisotopic (exact) mass is 376 g/mol. The van der Waals surface area contributed by atoms with Crippen molar-refractivity contribution in [2.45, 2.75) is 13.0 Å². The SMILES string of the molecule is C=CC(=O)OCc1cc(CCO)ccc1-c1ccc(-c2ccccc2)cc1F. The number of rotatable bonds is 7. The normalized spacial score (nSPS) is 10.5. The minimum absolute atomic E-state index is 0.000663. The molecule has 0 aliphatic carbocycles. The van der Waals surface area contributed by atoms with Gasteiger partial charge in [0.1, 0.15) is 12.4 Å². The Labute approximate surface area is 163 Å². The molecular formula is C24H21FO3. The first-order valence-electron chi connectivity index (χ1n) is 8.99. The summed E-state index contributed by atoms with van der Waals surface area (Å²) in [5.74, 6) is -0.897. The fraction of sp³-hybridized carbons (Fsp3) is 0.125. The second kappa shape index (κ2) is 9.11. The maximum atomic E-state index is 15.0. The van der Waals surface area contributed by atoms with E-state index in [1.165, 1.54) is 6.07 Å². The Balaban J connectivity index is 1.99. The molecular weight excluding hydrogens is 355 g/mol. The Morgan fingerprint density at radius 2 is 1.75 bits per heavy atom. The van der Waals surface area contributed by atoms with E-state index >= 15 is 0 Å². The molecule has 0 saturated carbocycles. The smallest absolute Gasteiger partial charge is 0.330 e. The Morgan fingerprint density at radius 1 is 1.00 bits per heavy atom. The largest absolute Gasteiger partial charge is 0.458 e. The van der Waals surface area contributed by atoms with Gasteiger partial charge in [0.25, 0.3) is 0 Å². The summed E-state index contributed by atoms with van der Waals surface area (Å²) in [6, 6.07) is 20.2. The van der Waals surface area contributed by atoms with Crippen LogP contribution in [-0.2, 0) is 22.6 Å². The highest BCUT2D eigenvalue weighted by molar-refractivity contribution is 5.81. The van der Waals surface area contributed by atoms with Gasteiger partial charge in [-0.05, 0) is 40.3 Å². The zero-order chi connectivity index (χ0) is 19.9. The van der Waals surface area contributed by atoms with Crippen LogP contribution in [-0.4, -0.2) is 17.7 Å². The van der Waals surface area contributed by atoms with Crippen LogP contribution >= 0.6 is 0 Å². The van der Waals surface area contributed by atoms with Crippen LogP contribution in [0.5, 0.6) is 0 Å². The first-order chi connectivity index (χ1) is 13.6. The summed E-state index contributed by atoms with van der Waals surface area (Å²) < 4.78 is 20.1. The van der Waals surface area contributed by atoms with Crippen LogP contribution in [0.15, 0.2) is 79.4 Å². The summed E-state index contributed by atoms with van der Waals surface area (Å²) in [6.45, 7) is 3.39. The third-order valence-corrected chi connectivity index (χ3v) is 4.47. The Bertz CT molecular complexity index is 980. The predicted octanol–water partition coefficient (Wildman–Crippen LogP) is 4.92. The van der Waals surface area contributed by atoms with E-state index < -0.39 is 5.97 Å². The van der Waals surface area contributed by atoms with Crippen molar-refractivity contribution in [3.8, 4) is 22.3 Å². The van der Waals surface area contributed by atoms with E-state index in [0.717, 1.165) is 22.8 Å². The van der Waals surface area contributed by atoms with E-state index in [1.54, 1.807) is 12.1 Å². The van der Waals surface area contributed by atoms with E-state index in [9.17, 15) is 14.3 Å². The zero-order valence-corrected chi connectivity index (χ0v) is 15.4. The fourth-order valence-electron chi connectivity index (χ4n) is 3.07. The van der Waals surface area contributed by atoms with Crippen LogP contribution in [0.3, 0.4) is 0 Å². The molecule has 3 nitrogen and oxygen atoms in total. The molecule has 1 N–H and O–H groups in total. The molecule has 0 fully saturated rings. The molecule has 142 valence electrons. The van der Waals surface area contributed by atoms with Crippen LogP contribution in [0, 0.1) is 5.82 Å². The van der Waals surface area contributed by atoms with Crippen LogP contribution in [0.1, 0.15) is 11.1 Å². The van der Waals surface area contributed by atoms with Crippen LogP contribution in [0.2, 0.25) is 0 Å². The van der Waals surface area contributed by atoms with Crippen molar-refractivity contribution in [2.75, 3.05) is 6.61 Å². The quantitative estimate of drug-likeness (QED) is 0.470. The Morgan fingerprint density at radius 3 is 2.43 bits per heavy atom. The van der Waals surface area contributed by atoms with Crippen molar-refractivity contribution in [3.05, 3.63) is 96.3 Å². The van der Waals surface area contributed by atoms with Gasteiger partial charge in [-0.3, -0.25) is 0 Å². The number of hydrogen-bond acceptors (Lipinski definition) is 3. The van der Waals surface area contributed by atoms with Crippen LogP contribution < -0.4 is 0 Å². The lowest BCUT2D eigenvalue weighted by Crippen LogP contribution is -2.03. The molecule has 0 atom stereocenters. The van der Waals surface area contributed by atoms with Gasteiger partial charge in [-0.15, -0.1) is 0 Å². The number of aliphatic hydroxyl groups excluding tert-OH is 1. The highest BCUT2D eigenvalue weighted by Crippen LogP contribution is 2.31. The number of halogens is 1. The molecule has 0 spiro atoms. The number of benzene rings is 3. The molecule has 0 saturated heterocycles. The molecule has 0 aromatic heterocycles. The van der Waals surface area contributed by atoms with Crippen LogP contribution in [0.4, 0.5) is 4.39 Å². The van der Waals surface area contributed by atoms with Crippen molar-refractivity contribution >= 4 is 5.97 Å². The summed E-state index contributed by atoms with van der Waals surface area (Å²) in [6.07, 6.45) is 1.56. The van der Waals surface area contributed by atoms with Crippen molar-refractivity contribution in [1.29, 1.82) is 0 Å². The van der Waals surface area contributed by atoms with Crippen molar-refractivity contribution in [2.24, 2.45) is 0 Å². The highest BCUT2D eigenvalue weighted by Gasteiger charge is 2.13. The second-order valence-corrected chi connectivity index (χ2v) is 6.34. The minimum Gasteiger partial charge on any atom is -0.458 e. The number of hydrogen-bond donors (Lipinski definition) is 1. The Hall–Kier alpha value is -3.24. The number of carbonyl (C=O) groups excluding carboxylic acids is 1. The number of aliphatic hydroxyl groups is 1. The van der Waals surface area contributed by atoms with Crippen LogP contribution in [0.25, 0.3) is 22.3 Å². The molecule has 0 radical (unpaired) electrons. The highest BCUT2D eigenvalue weighted by atomic mass is 19.1. The van der Waals surface area contributed by atoms with Gasteiger partial charge in [-0.1, -0.05) is 67.2 Å². The Kier molecular flexibility index (Phi) is 6.35. The van der Waals surface area contributed by atoms with E-state index in [4.69, 9.17) is 4.74 Å². The molecule has 4 heteroatoms. The first-order valence-corrected chi connectivity index (χ1v) is 8.99. The zero-order valence-electron chi connectivity index (χ0n) is 15.4. The molecule has 0 amide bonds. The number of carbonyl (C=O) groups is 1. The third kappa shape index (κ3) is 4.53. The summed E-state index contributed by atoms with van der Waals surface area (Å²) in [5.41, 5.74) is 4.37. The molecule has 28 heavy (non-hydrogen) atoms. The average Bonchev–Trinajstić information content (AvgIpc) is 2.73. The van der Waals surface area contributed by atoms with Crippen molar-refractivity contribution in [1.82, 2.24) is 0 Å². The maximum absolute atomic E-state index is 15.0. The predicted molar refractivity (Wildman–Crippen MR) is 108 cm³/mol. The molecule has 0 bridgehead atoms. The van der Waals surface area contributed by atoms with Gasteiger partial charge in [0.2, 0.25) is 0 Å². The van der Waals surface area contributed by atoms with Gasteiger partial charge in [0, 0.05) is 18.2 Å².